The fraction of sp³-hybridized carbons (Fsp3) is 0.429. The number of anilines is 2. The zero-order valence-corrected chi connectivity index (χ0v) is 15.4. The molecule has 4 rings (SSSR count). The number of nitrogens with zero attached hydrogens (tertiary/aromatic N) is 2. The van der Waals surface area contributed by atoms with Crippen molar-refractivity contribution < 1.29 is 9.53 Å². The first-order valence-electron chi connectivity index (χ1n) is 9.30. The lowest BCUT2D eigenvalue weighted by atomic mass is 10.0. The molecule has 0 unspecified atom stereocenters. The first kappa shape index (κ1) is 17.0. The lowest BCUT2D eigenvalue weighted by Crippen LogP contribution is -2.22. The number of nitrogens with one attached hydrogen (secondary N) is 1. The van der Waals surface area contributed by atoms with Crippen molar-refractivity contribution >= 4 is 17.4 Å². The number of ether oxygens (including phenoxy) is 1. The van der Waals surface area contributed by atoms with E-state index in [4.69, 9.17) is 4.74 Å². The maximum atomic E-state index is 12.0. The molecule has 26 heavy (non-hydrogen) atoms. The number of pyridine rings is 1. The Morgan fingerprint density at radius 3 is 2.69 bits per heavy atom. The number of carbonyl (C=O) groups is 1. The quantitative estimate of drug-likeness (QED) is 0.894. The van der Waals surface area contributed by atoms with E-state index in [2.05, 4.69) is 40.3 Å². The molecule has 1 aromatic carbocycles. The van der Waals surface area contributed by atoms with Gasteiger partial charge >= 0.3 is 0 Å². The molecule has 1 N–H and O–H groups in total. The molecule has 2 aromatic rings. The van der Waals surface area contributed by atoms with E-state index in [-0.39, 0.29) is 11.8 Å². The fourth-order valence-corrected chi connectivity index (χ4v) is 3.58. The Morgan fingerprint density at radius 2 is 2.00 bits per heavy atom. The van der Waals surface area contributed by atoms with Gasteiger partial charge in [0.1, 0.15) is 5.82 Å². The van der Waals surface area contributed by atoms with Crippen molar-refractivity contribution in [3.8, 4) is 11.1 Å². The SMILES string of the molecule is CO[C@H]1CCN(c2ccc(-c3ccnc(NC(=O)C4CC4)c3)cc2C)C1. The second-order valence-electron chi connectivity index (χ2n) is 7.29. The van der Waals surface area contributed by atoms with Crippen LogP contribution < -0.4 is 10.2 Å². The summed E-state index contributed by atoms with van der Waals surface area (Å²) in [6, 6.07) is 10.5. The average molecular weight is 351 g/mol. The van der Waals surface area contributed by atoms with Gasteiger partial charge in [-0.3, -0.25) is 4.79 Å². The summed E-state index contributed by atoms with van der Waals surface area (Å²) in [7, 11) is 1.78. The van der Waals surface area contributed by atoms with Crippen LogP contribution in [0.2, 0.25) is 0 Å². The monoisotopic (exact) mass is 351 g/mol. The van der Waals surface area contributed by atoms with Crippen molar-refractivity contribution in [2.45, 2.75) is 32.3 Å². The van der Waals surface area contributed by atoms with Gasteiger partial charge in [0.05, 0.1) is 6.10 Å². The highest BCUT2D eigenvalue weighted by Crippen LogP contribution is 2.32. The third-order valence-corrected chi connectivity index (χ3v) is 5.31. The van der Waals surface area contributed by atoms with Crippen molar-refractivity contribution in [2.75, 3.05) is 30.4 Å². The number of hydrogen-bond acceptors (Lipinski definition) is 4. The van der Waals surface area contributed by atoms with Crippen LogP contribution in [0.15, 0.2) is 36.5 Å². The summed E-state index contributed by atoms with van der Waals surface area (Å²) in [5.74, 6) is 0.893. The van der Waals surface area contributed by atoms with E-state index in [1.807, 2.05) is 12.1 Å². The normalized spacial score (nSPS) is 19.6. The smallest absolute Gasteiger partial charge is 0.228 e. The van der Waals surface area contributed by atoms with E-state index < -0.39 is 0 Å². The zero-order chi connectivity index (χ0) is 18.1. The van der Waals surface area contributed by atoms with E-state index in [1.54, 1.807) is 13.3 Å². The Bertz CT molecular complexity index is 817. The number of methoxy groups -OCH3 is 1. The summed E-state index contributed by atoms with van der Waals surface area (Å²) in [6.45, 7) is 4.13. The minimum absolute atomic E-state index is 0.0860. The molecule has 2 fully saturated rings. The van der Waals surface area contributed by atoms with Crippen molar-refractivity contribution in [1.82, 2.24) is 4.98 Å². The van der Waals surface area contributed by atoms with Gasteiger partial charge in [-0.25, -0.2) is 4.98 Å². The van der Waals surface area contributed by atoms with Gasteiger partial charge < -0.3 is 15.0 Å². The number of aryl methyl sites for hydroxylation is 1. The molecule has 5 nitrogen and oxygen atoms in total. The maximum Gasteiger partial charge on any atom is 0.228 e. The highest BCUT2D eigenvalue weighted by atomic mass is 16.5. The largest absolute Gasteiger partial charge is 0.380 e. The van der Waals surface area contributed by atoms with Gasteiger partial charge in [-0.05, 0) is 67.1 Å². The summed E-state index contributed by atoms with van der Waals surface area (Å²) in [5, 5.41) is 2.92. The van der Waals surface area contributed by atoms with Gasteiger partial charge in [-0.1, -0.05) is 6.07 Å². The van der Waals surface area contributed by atoms with Crippen LogP contribution >= 0.6 is 0 Å². The minimum atomic E-state index is 0.0860. The van der Waals surface area contributed by atoms with E-state index in [1.165, 1.54) is 11.3 Å². The van der Waals surface area contributed by atoms with Gasteiger partial charge in [0, 0.05) is 38.0 Å². The summed E-state index contributed by atoms with van der Waals surface area (Å²) < 4.78 is 5.48. The molecular weight excluding hydrogens is 326 g/mol. The number of carbonyl (C=O) groups excluding carboxylic acids is 1. The van der Waals surface area contributed by atoms with Crippen molar-refractivity contribution in [1.29, 1.82) is 0 Å². The molecule has 1 aromatic heterocycles. The first-order valence-corrected chi connectivity index (χ1v) is 9.30. The van der Waals surface area contributed by atoms with E-state index in [0.717, 1.165) is 43.5 Å². The maximum absolute atomic E-state index is 12.0. The van der Waals surface area contributed by atoms with E-state index >= 15 is 0 Å². The number of aromatic nitrogens is 1. The summed E-state index contributed by atoms with van der Waals surface area (Å²) in [6.07, 6.45) is 5.14. The topological polar surface area (TPSA) is 54.5 Å². The molecule has 5 heteroatoms. The molecule has 136 valence electrons. The molecular formula is C21H25N3O2. The zero-order valence-electron chi connectivity index (χ0n) is 15.4. The van der Waals surface area contributed by atoms with Crippen LogP contribution in [0, 0.1) is 12.8 Å². The van der Waals surface area contributed by atoms with Gasteiger partial charge in [0.2, 0.25) is 5.91 Å². The lowest BCUT2D eigenvalue weighted by molar-refractivity contribution is -0.117. The Morgan fingerprint density at radius 1 is 1.19 bits per heavy atom. The summed E-state index contributed by atoms with van der Waals surface area (Å²) in [5.41, 5.74) is 4.72. The second-order valence-corrected chi connectivity index (χ2v) is 7.29. The standard InChI is InChI=1S/C21H25N3O2/c1-14-11-16(5-6-19(14)24-10-8-18(13-24)26-2)17-7-9-22-20(12-17)23-21(25)15-3-4-15/h5-7,9,11-12,15,18H,3-4,8,10,13H2,1-2H3,(H,22,23,25)/t18-/m0/s1. The first-order chi connectivity index (χ1) is 12.6. The summed E-state index contributed by atoms with van der Waals surface area (Å²) in [4.78, 5) is 18.6. The predicted molar refractivity (Wildman–Crippen MR) is 103 cm³/mol. The third kappa shape index (κ3) is 3.58. The third-order valence-electron chi connectivity index (χ3n) is 5.31. The van der Waals surface area contributed by atoms with Gasteiger partial charge in [-0.15, -0.1) is 0 Å². The summed E-state index contributed by atoms with van der Waals surface area (Å²) >= 11 is 0. The number of rotatable bonds is 5. The molecule has 1 aliphatic heterocycles. The lowest BCUT2D eigenvalue weighted by Gasteiger charge is -2.21. The van der Waals surface area contributed by atoms with Crippen LogP contribution in [0.5, 0.6) is 0 Å². The van der Waals surface area contributed by atoms with Crippen LogP contribution in [0.25, 0.3) is 11.1 Å². The molecule has 0 spiro atoms. The molecule has 2 aliphatic rings. The van der Waals surface area contributed by atoms with Gasteiger partial charge in [0.15, 0.2) is 0 Å². The molecule has 1 saturated heterocycles. The molecule has 2 heterocycles. The molecule has 0 bridgehead atoms. The molecule has 1 saturated carbocycles. The second kappa shape index (κ2) is 7.08. The Hall–Kier alpha value is -2.40. The van der Waals surface area contributed by atoms with Crippen LogP contribution in [-0.4, -0.2) is 37.2 Å². The molecule has 1 aliphatic carbocycles. The Kier molecular flexibility index (Phi) is 4.64. The minimum Gasteiger partial charge on any atom is -0.380 e. The average Bonchev–Trinajstić information content (AvgIpc) is 3.40. The Labute approximate surface area is 154 Å². The number of benzene rings is 1. The van der Waals surface area contributed by atoms with Crippen LogP contribution in [0.4, 0.5) is 11.5 Å². The Balaban J connectivity index is 1.52. The van der Waals surface area contributed by atoms with Crippen molar-refractivity contribution in [2.24, 2.45) is 5.92 Å². The van der Waals surface area contributed by atoms with Crippen LogP contribution in [0.1, 0.15) is 24.8 Å². The van der Waals surface area contributed by atoms with E-state index in [0.29, 0.717) is 11.9 Å². The molecule has 1 amide bonds. The molecule has 0 radical (unpaired) electrons. The van der Waals surface area contributed by atoms with Gasteiger partial charge in [0.25, 0.3) is 0 Å². The molecule has 1 atom stereocenters. The predicted octanol–water partition coefficient (Wildman–Crippen LogP) is 3.63. The number of hydrogen-bond donors (Lipinski definition) is 1. The van der Waals surface area contributed by atoms with Crippen LogP contribution in [0.3, 0.4) is 0 Å². The van der Waals surface area contributed by atoms with Crippen molar-refractivity contribution in [3.63, 3.8) is 0 Å². The van der Waals surface area contributed by atoms with E-state index in [9.17, 15) is 4.79 Å². The van der Waals surface area contributed by atoms with Gasteiger partial charge in [-0.2, -0.15) is 0 Å². The highest BCUT2D eigenvalue weighted by Gasteiger charge is 2.29. The highest BCUT2D eigenvalue weighted by molar-refractivity contribution is 5.93. The van der Waals surface area contributed by atoms with Crippen LogP contribution in [-0.2, 0) is 9.53 Å². The van der Waals surface area contributed by atoms with Crippen molar-refractivity contribution in [3.05, 3.63) is 42.1 Å². The fourth-order valence-electron chi connectivity index (χ4n) is 3.58. The number of amides is 1.